The number of anilines is 1. The molecule has 2 saturated heterocycles. The maximum atomic E-state index is 12.4. The van der Waals surface area contributed by atoms with Gasteiger partial charge in [0.15, 0.2) is 0 Å². The van der Waals surface area contributed by atoms with Gasteiger partial charge in [-0.25, -0.2) is 4.98 Å². The van der Waals surface area contributed by atoms with E-state index in [4.69, 9.17) is 9.47 Å². The predicted octanol–water partition coefficient (Wildman–Crippen LogP) is 0.496. The van der Waals surface area contributed by atoms with Crippen molar-refractivity contribution >= 4 is 11.9 Å². The van der Waals surface area contributed by atoms with Crippen LogP contribution in [0.1, 0.15) is 5.69 Å². The molecule has 0 radical (unpaired) electrons. The molecule has 25 heavy (non-hydrogen) atoms. The third-order valence-corrected chi connectivity index (χ3v) is 4.55. The van der Waals surface area contributed by atoms with E-state index in [1.807, 2.05) is 28.0 Å². The molecule has 0 bridgehead atoms. The summed E-state index contributed by atoms with van der Waals surface area (Å²) in [7, 11) is 1.58. The SMILES string of the molecule is COc1ccnc(N2CC3OCC(=O)N(Cc4ccccn4)C3C2)n1. The highest BCUT2D eigenvalue weighted by Crippen LogP contribution is 2.27. The first-order valence-corrected chi connectivity index (χ1v) is 8.17. The van der Waals surface area contributed by atoms with E-state index in [1.165, 1.54) is 0 Å². The molecule has 2 aromatic heterocycles. The zero-order valence-corrected chi connectivity index (χ0v) is 13.9. The van der Waals surface area contributed by atoms with Crippen LogP contribution in [0.2, 0.25) is 0 Å². The number of rotatable bonds is 4. The third-order valence-electron chi connectivity index (χ3n) is 4.55. The molecule has 0 aliphatic carbocycles. The summed E-state index contributed by atoms with van der Waals surface area (Å²) >= 11 is 0. The maximum absolute atomic E-state index is 12.4. The van der Waals surface area contributed by atoms with Gasteiger partial charge in [0.2, 0.25) is 17.7 Å². The average Bonchev–Trinajstić information content (AvgIpc) is 3.10. The molecule has 1 amide bonds. The Hall–Kier alpha value is -2.74. The van der Waals surface area contributed by atoms with Crippen LogP contribution in [-0.2, 0) is 16.1 Å². The Labute approximate surface area is 145 Å². The van der Waals surface area contributed by atoms with Gasteiger partial charge in [0.1, 0.15) is 6.61 Å². The van der Waals surface area contributed by atoms with E-state index in [2.05, 4.69) is 15.0 Å². The molecule has 130 valence electrons. The standard InChI is InChI=1S/C17H19N5O3/c1-24-15-5-7-19-17(20-15)21-9-13-14(10-21)25-11-16(23)22(13)8-12-4-2-3-6-18-12/h2-7,13-14H,8-11H2,1H3. The minimum atomic E-state index is -0.0591. The van der Waals surface area contributed by atoms with Gasteiger partial charge in [-0.3, -0.25) is 9.78 Å². The minimum Gasteiger partial charge on any atom is -0.481 e. The number of carbonyl (C=O) groups excluding carboxylic acids is 1. The maximum Gasteiger partial charge on any atom is 0.249 e. The third kappa shape index (κ3) is 3.12. The molecule has 2 aliphatic heterocycles. The van der Waals surface area contributed by atoms with E-state index in [0.29, 0.717) is 31.5 Å². The first-order chi connectivity index (χ1) is 12.2. The number of carbonyl (C=O) groups is 1. The van der Waals surface area contributed by atoms with Crippen molar-refractivity contribution < 1.29 is 14.3 Å². The average molecular weight is 341 g/mol. The Morgan fingerprint density at radius 1 is 1.24 bits per heavy atom. The number of aromatic nitrogens is 3. The second kappa shape index (κ2) is 6.64. The number of methoxy groups -OCH3 is 1. The Kier molecular flexibility index (Phi) is 4.19. The Morgan fingerprint density at radius 2 is 2.16 bits per heavy atom. The number of hydrogen-bond donors (Lipinski definition) is 0. The van der Waals surface area contributed by atoms with Crippen molar-refractivity contribution in [2.24, 2.45) is 0 Å². The largest absolute Gasteiger partial charge is 0.481 e. The number of fused-ring (bicyclic) bond motifs is 1. The van der Waals surface area contributed by atoms with Crippen LogP contribution in [0.25, 0.3) is 0 Å². The highest BCUT2D eigenvalue weighted by atomic mass is 16.5. The van der Waals surface area contributed by atoms with E-state index in [9.17, 15) is 4.79 Å². The molecule has 2 aliphatic rings. The Balaban J connectivity index is 1.54. The fourth-order valence-corrected chi connectivity index (χ4v) is 3.30. The topological polar surface area (TPSA) is 80.7 Å². The second-order valence-electron chi connectivity index (χ2n) is 6.06. The van der Waals surface area contributed by atoms with Gasteiger partial charge in [-0.2, -0.15) is 4.98 Å². The van der Waals surface area contributed by atoms with Gasteiger partial charge in [0.25, 0.3) is 0 Å². The van der Waals surface area contributed by atoms with Gasteiger partial charge < -0.3 is 19.3 Å². The molecule has 2 unspecified atom stereocenters. The van der Waals surface area contributed by atoms with Crippen LogP contribution in [0.4, 0.5) is 5.95 Å². The summed E-state index contributed by atoms with van der Waals surface area (Å²) in [5.41, 5.74) is 0.868. The summed E-state index contributed by atoms with van der Waals surface area (Å²) < 4.78 is 10.9. The molecule has 2 aromatic rings. The summed E-state index contributed by atoms with van der Waals surface area (Å²) in [5.74, 6) is 1.09. The van der Waals surface area contributed by atoms with Crippen molar-refractivity contribution in [1.29, 1.82) is 0 Å². The molecular formula is C17H19N5O3. The molecule has 8 heteroatoms. The lowest BCUT2D eigenvalue weighted by Gasteiger charge is -2.36. The number of nitrogens with zero attached hydrogens (tertiary/aromatic N) is 5. The van der Waals surface area contributed by atoms with Gasteiger partial charge in [-0.15, -0.1) is 0 Å². The second-order valence-corrected chi connectivity index (χ2v) is 6.06. The molecule has 0 aromatic carbocycles. The van der Waals surface area contributed by atoms with Crippen molar-refractivity contribution in [3.05, 3.63) is 42.4 Å². The highest BCUT2D eigenvalue weighted by molar-refractivity contribution is 5.79. The summed E-state index contributed by atoms with van der Waals surface area (Å²) in [6.07, 6.45) is 3.35. The molecule has 0 N–H and O–H groups in total. The zero-order chi connectivity index (χ0) is 17.2. The molecule has 8 nitrogen and oxygen atoms in total. The fraction of sp³-hybridized carbons (Fsp3) is 0.412. The minimum absolute atomic E-state index is 0.0136. The van der Waals surface area contributed by atoms with E-state index in [-0.39, 0.29) is 24.7 Å². The van der Waals surface area contributed by atoms with Crippen LogP contribution < -0.4 is 9.64 Å². The number of amides is 1. The van der Waals surface area contributed by atoms with E-state index < -0.39 is 0 Å². The van der Waals surface area contributed by atoms with Crippen LogP contribution in [0, 0.1) is 0 Å². The normalized spacial score (nSPS) is 22.8. The smallest absolute Gasteiger partial charge is 0.249 e. The Morgan fingerprint density at radius 3 is 2.96 bits per heavy atom. The molecule has 4 heterocycles. The van der Waals surface area contributed by atoms with Gasteiger partial charge in [-0.05, 0) is 12.1 Å². The lowest BCUT2D eigenvalue weighted by molar-refractivity contribution is -0.154. The van der Waals surface area contributed by atoms with Crippen LogP contribution in [0.3, 0.4) is 0 Å². The monoisotopic (exact) mass is 341 g/mol. The van der Waals surface area contributed by atoms with Crippen LogP contribution in [0.15, 0.2) is 36.7 Å². The van der Waals surface area contributed by atoms with Crippen molar-refractivity contribution in [3.63, 3.8) is 0 Å². The van der Waals surface area contributed by atoms with Crippen LogP contribution in [-0.4, -0.2) is 64.7 Å². The summed E-state index contributed by atoms with van der Waals surface area (Å²) in [5, 5.41) is 0. The lowest BCUT2D eigenvalue weighted by Crippen LogP contribution is -2.53. The van der Waals surface area contributed by atoms with Gasteiger partial charge in [-0.1, -0.05) is 6.07 Å². The van der Waals surface area contributed by atoms with E-state index in [0.717, 1.165) is 5.69 Å². The highest BCUT2D eigenvalue weighted by Gasteiger charge is 2.44. The van der Waals surface area contributed by atoms with Gasteiger partial charge in [0, 0.05) is 31.5 Å². The molecule has 0 spiro atoms. The number of pyridine rings is 1. The van der Waals surface area contributed by atoms with Crippen molar-refractivity contribution in [2.45, 2.75) is 18.7 Å². The van der Waals surface area contributed by atoms with Crippen LogP contribution >= 0.6 is 0 Å². The Bertz CT molecular complexity index is 757. The lowest BCUT2D eigenvalue weighted by atomic mass is 10.1. The van der Waals surface area contributed by atoms with Gasteiger partial charge >= 0.3 is 0 Å². The summed E-state index contributed by atoms with van der Waals surface area (Å²) in [6.45, 7) is 1.85. The predicted molar refractivity (Wildman–Crippen MR) is 89.1 cm³/mol. The first-order valence-electron chi connectivity index (χ1n) is 8.17. The van der Waals surface area contributed by atoms with Crippen molar-refractivity contribution in [1.82, 2.24) is 19.9 Å². The number of hydrogen-bond acceptors (Lipinski definition) is 7. The van der Waals surface area contributed by atoms with Crippen LogP contribution in [0.5, 0.6) is 5.88 Å². The van der Waals surface area contributed by atoms with Crippen molar-refractivity contribution in [2.75, 3.05) is 31.7 Å². The van der Waals surface area contributed by atoms with E-state index >= 15 is 0 Å². The zero-order valence-electron chi connectivity index (χ0n) is 13.9. The number of ether oxygens (including phenoxy) is 2. The first kappa shape index (κ1) is 15.8. The quantitative estimate of drug-likeness (QED) is 0.801. The summed E-state index contributed by atoms with van der Waals surface area (Å²) in [6, 6.07) is 7.38. The fourth-order valence-electron chi connectivity index (χ4n) is 3.30. The number of morpholine rings is 1. The molecule has 0 saturated carbocycles. The van der Waals surface area contributed by atoms with Gasteiger partial charge in [0.05, 0.1) is 31.5 Å². The molecule has 2 atom stereocenters. The van der Waals surface area contributed by atoms with Crippen molar-refractivity contribution in [3.8, 4) is 5.88 Å². The molecular weight excluding hydrogens is 322 g/mol. The summed E-state index contributed by atoms with van der Waals surface area (Å²) in [4.78, 5) is 29.3. The molecule has 4 rings (SSSR count). The van der Waals surface area contributed by atoms with E-state index in [1.54, 1.807) is 25.6 Å². The molecule has 2 fully saturated rings.